The molecule has 0 saturated heterocycles. The summed E-state index contributed by atoms with van der Waals surface area (Å²) >= 11 is 0. The van der Waals surface area contributed by atoms with Gasteiger partial charge in [0.1, 0.15) is 0 Å². The van der Waals surface area contributed by atoms with Gasteiger partial charge < -0.3 is 15.0 Å². The minimum atomic E-state index is -0.310. The Morgan fingerprint density at radius 3 is 2.65 bits per heavy atom. The summed E-state index contributed by atoms with van der Waals surface area (Å²) in [7, 11) is 2.11. The molecule has 100 valence electrons. The van der Waals surface area contributed by atoms with Gasteiger partial charge in [0, 0.05) is 31.2 Å². The molecule has 0 aliphatic heterocycles. The number of nitrogens with zero attached hydrogens (tertiary/aromatic N) is 1. The molecule has 0 aliphatic rings. The van der Waals surface area contributed by atoms with Crippen LogP contribution in [0.4, 0.5) is 0 Å². The molecule has 0 aromatic rings. The lowest BCUT2D eigenvalue weighted by atomic mass is 10.2. The fourth-order valence-corrected chi connectivity index (χ4v) is 1.33. The summed E-state index contributed by atoms with van der Waals surface area (Å²) in [4.78, 5) is 13.5. The van der Waals surface area contributed by atoms with E-state index in [1.165, 1.54) is 0 Å². The fraction of sp³-hybridized carbons (Fsp3) is 0.769. The van der Waals surface area contributed by atoms with Crippen molar-refractivity contribution in [3.05, 3.63) is 12.2 Å². The van der Waals surface area contributed by atoms with Gasteiger partial charge in [-0.15, -0.1) is 0 Å². The van der Waals surface area contributed by atoms with Gasteiger partial charge in [-0.25, -0.2) is 4.79 Å². The number of carbonyl (C=O) groups excluding carboxylic acids is 1. The maximum atomic E-state index is 11.3. The molecule has 1 atom stereocenters. The summed E-state index contributed by atoms with van der Waals surface area (Å²) in [6.45, 7) is 12.6. The van der Waals surface area contributed by atoms with Crippen LogP contribution in [0.3, 0.4) is 0 Å². The number of rotatable bonds is 9. The molecule has 1 unspecified atom stereocenters. The van der Waals surface area contributed by atoms with E-state index in [4.69, 9.17) is 4.74 Å². The second-order valence-corrected chi connectivity index (χ2v) is 4.24. The van der Waals surface area contributed by atoms with E-state index in [0.29, 0.717) is 24.8 Å². The smallest absolute Gasteiger partial charge is 0.334 e. The third-order valence-corrected chi connectivity index (χ3v) is 2.89. The van der Waals surface area contributed by atoms with Crippen LogP contribution >= 0.6 is 0 Å². The Kier molecular flexibility index (Phi) is 8.72. The number of esters is 1. The molecule has 4 heteroatoms. The highest BCUT2D eigenvalue weighted by molar-refractivity contribution is 5.88. The number of likely N-dealkylation sites (N-methyl/N-ethyl adjacent to an activating group) is 1. The zero-order chi connectivity index (χ0) is 13.3. The summed E-state index contributed by atoms with van der Waals surface area (Å²) in [5, 5.41) is 3.19. The molecule has 0 aromatic carbocycles. The summed E-state index contributed by atoms with van der Waals surface area (Å²) in [5.41, 5.74) is 0.484. The molecule has 0 saturated carbocycles. The minimum Gasteiger partial charge on any atom is -0.463 e. The summed E-state index contributed by atoms with van der Waals surface area (Å²) in [6, 6.07) is 0.588. The Balaban J connectivity index is 3.64. The van der Waals surface area contributed by atoms with Gasteiger partial charge in [-0.3, -0.25) is 0 Å². The lowest BCUT2D eigenvalue weighted by Crippen LogP contribution is -2.36. The van der Waals surface area contributed by atoms with Crippen molar-refractivity contribution in [3.8, 4) is 0 Å². The van der Waals surface area contributed by atoms with Gasteiger partial charge in [0.2, 0.25) is 0 Å². The molecule has 0 fully saturated rings. The lowest BCUT2D eigenvalue weighted by molar-refractivity contribution is -0.138. The quantitative estimate of drug-likeness (QED) is 0.377. The van der Waals surface area contributed by atoms with Crippen LogP contribution in [0.1, 0.15) is 27.2 Å². The Morgan fingerprint density at radius 2 is 2.12 bits per heavy atom. The molecular weight excluding hydrogens is 216 g/mol. The second kappa shape index (κ2) is 9.19. The SMILES string of the molecule is C=C(CNCCN(C)C(C)CC)C(=O)OCC. The van der Waals surface area contributed by atoms with E-state index in [1.54, 1.807) is 6.92 Å². The molecule has 0 aliphatic carbocycles. The number of nitrogens with one attached hydrogen (secondary N) is 1. The van der Waals surface area contributed by atoms with Crippen LogP contribution < -0.4 is 5.32 Å². The lowest BCUT2D eigenvalue weighted by Gasteiger charge is -2.23. The van der Waals surface area contributed by atoms with Crippen LogP contribution in [0.15, 0.2) is 12.2 Å². The van der Waals surface area contributed by atoms with Gasteiger partial charge in [-0.05, 0) is 27.3 Å². The van der Waals surface area contributed by atoms with Crippen molar-refractivity contribution in [2.24, 2.45) is 0 Å². The number of hydrogen-bond acceptors (Lipinski definition) is 4. The molecule has 0 aromatic heterocycles. The monoisotopic (exact) mass is 242 g/mol. The van der Waals surface area contributed by atoms with E-state index in [-0.39, 0.29) is 5.97 Å². The standard InChI is InChI=1S/C13H26N2O2/c1-6-12(4)15(5)9-8-14-10-11(3)13(16)17-7-2/h12,14H,3,6-10H2,1-2,4-5H3. The minimum absolute atomic E-state index is 0.310. The van der Waals surface area contributed by atoms with Crippen molar-refractivity contribution in [1.82, 2.24) is 10.2 Å². The zero-order valence-corrected chi connectivity index (χ0v) is 11.6. The number of ether oxygens (including phenoxy) is 1. The summed E-state index contributed by atoms with van der Waals surface area (Å²) < 4.78 is 4.85. The molecule has 17 heavy (non-hydrogen) atoms. The van der Waals surface area contributed by atoms with Crippen LogP contribution in [0.2, 0.25) is 0 Å². The van der Waals surface area contributed by atoms with Gasteiger partial charge in [0.15, 0.2) is 0 Å². The normalized spacial score (nSPS) is 12.5. The average Bonchev–Trinajstić information content (AvgIpc) is 2.33. The van der Waals surface area contributed by atoms with Crippen molar-refractivity contribution >= 4 is 5.97 Å². The van der Waals surface area contributed by atoms with Crippen molar-refractivity contribution in [2.75, 3.05) is 33.3 Å². The van der Waals surface area contributed by atoms with Crippen molar-refractivity contribution in [1.29, 1.82) is 0 Å². The Bertz CT molecular complexity index is 242. The van der Waals surface area contributed by atoms with Crippen LogP contribution in [0.25, 0.3) is 0 Å². The maximum Gasteiger partial charge on any atom is 0.334 e. The van der Waals surface area contributed by atoms with E-state index in [9.17, 15) is 4.79 Å². The van der Waals surface area contributed by atoms with E-state index < -0.39 is 0 Å². The third-order valence-electron chi connectivity index (χ3n) is 2.89. The van der Waals surface area contributed by atoms with Crippen LogP contribution in [0, 0.1) is 0 Å². The zero-order valence-electron chi connectivity index (χ0n) is 11.6. The molecule has 0 amide bonds. The van der Waals surface area contributed by atoms with Crippen LogP contribution in [-0.4, -0.2) is 50.2 Å². The summed E-state index contributed by atoms with van der Waals surface area (Å²) in [5.74, 6) is -0.310. The average molecular weight is 242 g/mol. The highest BCUT2D eigenvalue weighted by atomic mass is 16.5. The van der Waals surface area contributed by atoms with Gasteiger partial charge >= 0.3 is 5.97 Å². The first-order chi connectivity index (χ1) is 8.02. The van der Waals surface area contributed by atoms with E-state index in [2.05, 4.69) is 37.7 Å². The third kappa shape index (κ3) is 7.13. The van der Waals surface area contributed by atoms with Gasteiger partial charge in [0.25, 0.3) is 0 Å². The molecule has 0 rings (SSSR count). The van der Waals surface area contributed by atoms with Crippen molar-refractivity contribution < 1.29 is 9.53 Å². The fourth-order valence-electron chi connectivity index (χ4n) is 1.33. The van der Waals surface area contributed by atoms with Crippen molar-refractivity contribution in [3.63, 3.8) is 0 Å². The Hall–Kier alpha value is -0.870. The summed E-state index contributed by atoms with van der Waals surface area (Å²) in [6.07, 6.45) is 1.14. The number of carbonyl (C=O) groups is 1. The molecule has 4 nitrogen and oxygen atoms in total. The molecular formula is C13H26N2O2. The van der Waals surface area contributed by atoms with Crippen LogP contribution in [-0.2, 0) is 9.53 Å². The molecule has 0 heterocycles. The van der Waals surface area contributed by atoms with E-state index in [1.807, 2.05) is 0 Å². The van der Waals surface area contributed by atoms with Crippen molar-refractivity contribution in [2.45, 2.75) is 33.2 Å². The first-order valence-electron chi connectivity index (χ1n) is 6.28. The second-order valence-electron chi connectivity index (χ2n) is 4.24. The Labute approximate surface area is 105 Å². The maximum absolute atomic E-state index is 11.3. The van der Waals surface area contributed by atoms with Gasteiger partial charge in [-0.1, -0.05) is 13.5 Å². The molecule has 1 N–H and O–H groups in total. The first-order valence-corrected chi connectivity index (χ1v) is 6.28. The highest BCUT2D eigenvalue weighted by Crippen LogP contribution is 1.98. The predicted molar refractivity (Wildman–Crippen MR) is 71.0 cm³/mol. The van der Waals surface area contributed by atoms with Crippen LogP contribution in [0.5, 0.6) is 0 Å². The molecule has 0 spiro atoms. The number of hydrogen-bond donors (Lipinski definition) is 1. The highest BCUT2D eigenvalue weighted by Gasteiger charge is 2.08. The van der Waals surface area contributed by atoms with E-state index in [0.717, 1.165) is 19.5 Å². The van der Waals surface area contributed by atoms with E-state index >= 15 is 0 Å². The van der Waals surface area contributed by atoms with Gasteiger partial charge in [-0.2, -0.15) is 0 Å². The molecule has 0 bridgehead atoms. The predicted octanol–water partition coefficient (Wildman–Crippen LogP) is 1.43. The Morgan fingerprint density at radius 1 is 1.47 bits per heavy atom. The first kappa shape index (κ1) is 16.1. The topological polar surface area (TPSA) is 41.6 Å². The van der Waals surface area contributed by atoms with Gasteiger partial charge in [0.05, 0.1) is 6.61 Å². The molecule has 0 radical (unpaired) electrons. The largest absolute Gasteiger partial charge is 0.463 e.